The van der Waals surface area contributed by atoms with E-state index in [1.807, 2.05) is 18.3 Å². The molecular formula is C18H17F3N4O2. The van der Waals surface area contributed by atoms with Crippen molar-refractivity contribution in [2.45, 2.75) is 25.2 Å². The number of rotatable bonds is 4. The van der Waals surface area contributed by atoms with Crippen molar-refractivity contribution in [1.82, 2.24) is 14.6 Å². The minimum atomic E-state index is -4.74. The highest BCUT2D eigenvalue weighted by Gasteiger charge is 2.31. The summed E-state index contributed by atoms with van der Waals surface area (Å²) in [6.07, 6.45) is -1.06. The van der Waals surface area contributed by atoms with Crippen LogP contribution >= 0.6 is 0 Å². The number of halogens is 3. The van der Waals surface area contributed by atoms with E-state index < -0.39 is 6.36 Å². The summed E-state index contributed by atoms with van der Waals surface area (Å²) in [5.41, 5.74) is 1.97. The van der Waals surface area contributed by atoms with Gasteiger partial charge in [0.25, 0.3) is 0 Å². The highest BCUT2D eigenvalue weighted by atomic mass is 19.4. The van der Waals surface area contributed by atoms with E-state index in [0.29, 0.717) is 23.1 Å². The maximum atomic E-state index is 12.5. The molecule has 0 aliphatic carbocycles. The summed E-state index contributed by atoms with van der Waals surface area (Å²) >= 11 is 0. The van der Waals surface area contributed by atoms with Gasteiger partial charge in [-0.3, -0.25) is 4.40 Å². The molecule has 27 heavy (non-hydrogen) atoms. The third kappa shape index (κ3) is 4.13. The molecule has 3 aromatic rings. The number of hydrogen-bond donors (Lipinski definition) is 1. The number of ether oxygens (including phenoxy) is 2. The molecule has 0 bridgehead atoms. The van der Waals surface area contributed by atoms with Gasteiger partial charge in [0.05, 0.1) is 5.69 Å². The van der Waals surface area contributed by atoms with E-state index >= 15 is 0 Å². The molecule has 0 saturated carbocycles. The normalized spacial score (nSPS) is 15.8. The number of benzene rings is 1. The van der Waals surface area contributed by atoms with Crippen LogP contribution in [-0.4, -0.2) is 40.2 Å². The molecule has 3 heterocycles. The zero-order valence-corrected chi connectivity index (χ0v) is 14.2. The summed E-state index contributed by atoms with van der Waals surface area (Å²) < 4.78 is 48.5. The lowest BCUT2D eigenvalue weighted by Crippen LogP contribution is -2.27. The monoisotopic (exact) mass is 378 g/mol. The molecule has 0 radical (unpaired) electrons. The predicted octanol–water partition coefficient (Wildman–Crippen LogP) is 3.89. The van der Waals surface area contributed by atoms with Crippen molar-refractivity contribution in [2.24, 2.45) is 0 Å². The van der Waals surface area contributed by atoms with Crippen LogP contribution in [0.4, 0.5) is 18.9 Å². The van der Waals surface area contributed by atoms with E-state index in [4.69, 9.17) is 4.74 Å². The van der Waals surface area contributed by atoms with Crippen LogP contribution in [0.1, 0.15) is 12.8 Å². The van der Waals surface area contributed by atoms with E-state index in [1.165, 1.54) is 18.2 Å². The first-order valence-corrected chi connectivity index (χ1v) is 8.53. The van der Waals surface area contributed by atoms with Crippen LogP contribution in [0.5, 0.6) is 5.75 Å². The van der Waals surface area contributed by atoms with Gasteiger partial charge in [-0.25, -0.2) is 0 Å². The average Bonchev–Trinajstić information content (AvgIpc) is 3.05. The Morgan fingerprint density at radius 2 is 1.93 bits per heavy atom. The van der Waals surface area contributed by atoms with E-state index in [9.17, 15) is 13.2 Å². The number of pyridine rings is 1. The van der Waals surface area contributed by atoms with Crippen molar-refractivity contribution in [3.8, 4) is 17.1 Å². The number of nitrogens with one attached hydrogen (secondary N) is 1. The highest BCUT2D eigenvalue weighted by molar-refractivity contribution is 5.63. The van der Waals surface area contributed by atoms with Crippen molar-refractivity contribution in [3.05, 3.63) is 42.6 Å². The van der Waals surface area contributed by atoms with E-state index in [2.05, 4.69) is 20.3 Å². The molecule has 0 amide bonds. The molecule has 1 aliphatic rings. The lowest BCUT2D eigenvalue weighted by atomic mass is 10.1. The first kappa shape index (κ1) is 17.6. The van der Waals surface area contributed by atoms with Crippen LogP contribution in [0.3, 0.4) is 0 Å². The molecule has 142 valence electrons. The second kappa shape index (κ2) is 7.07. The van der Waals surface area contributed by atoms with Gasteiger partial charge in [0.15, 0.2) is 11.5 Å². The number of nitrogens with zero attached hydrogens (tertiary/aromatic N) is 3. The lowest BCUT2D eigenvalue weighted by molar-refractivity contribution is -0.274. The summed E-state index contributed by atoms with van der Waals surface area (Å²) in [7, 11) is 0. The maximum Gasteiger partial charge on any atom is 0.573 e. The number of fused-ring (bicyclic) bond motifs is 1. The summed E-state index contributed by atoms with van der Waals surface area (Å²) in [5, 5.41) is 11.7. The van der Waals surface area contributed by atoms with Gasteiger partial charge >= 0.3 is 6.36 Å². The average molecular weight is 378 g/mol. The van der Waals surface area contributed by atoms with Gasteiger partial charge in [-0.2, -0.15) is 0 Å². The van der Waals surface area contributed by atoms with Gasteiger partial charge in [-0.1, -0.05) is 12.1 Å². The molecule has 0 unspecified atom stereocenters. The molecule has 4 rings (SSSR count). The number of aromatic nitrogens is 3. The smallest absolute Gasteiger partial charge is 0.406 e. The molecule has 0 spiro atoms. The first-order chi connectivity index (χ1) is 13.0. The van der Waals surface area contributed by atoms with Crippen LogP contribution in [0.2, 0.25) is 0 Å². The summed E-state index contributed by atoms with van der Waals surface area (Å²) in [6, 6.07) is 9.74. The largest absolute Gasteiger partial charge is 0.573 e. The second-order valence-electron chi connectivity index (χ2n) is 6.28. The fourth-order valence-electron chi connectivity index (χ4n) is 3.08. The zero-order valence-electron chi connectivity index (χ0n) is 14.2. The van der Waals surface area contributed by atoms with Crippen molar-refractivity contribution >= 4 is 11.3 Å². The minimum absolute atomic E-state index is 0.298. The van der Waals surface area contributed by atoms with Gasteiger partial charge in [0.1, 0.15) is 5.75 Å². The van der Waals surface area contributed by atoms with Gasteiger partial charge in [0, 0.05) is 31.0 Å². The number of alkyl halides is 3. The van der Waals surface area contributed by atoms with Gasteiger partial charge < -0.3 is 14.8 Å². The molecule has 6 nitrogen and oxygen atoms in total. The van der Waals surface area contributed by atoms with Crippen molar-refractivity contribution in [3.63, 3.8) is 0 Å². The summed E-state index contributed by atoms with van der Waals surface area (Å²) in [5.74, 6) is 0.140. The SMILES string of the molecule is FC(F)(F)Oc1cccc(-c2nnc3ccc(NC4CCOCC4)cn23)c1. The van der Waals surface area contributed by atoms with E-state index in [1.54, 1.807) is 10.5 Å². The molecule has 0 atom stereocenters. The third-order valence-corrected chi connectivity index (χ3v) is 4.32. The Hall–Kier alpha value is -2.81. The quantitative estimate of drug-likeness (QED) is 0.747. The van der Waals surface area contributed by atoms with E-state index in [-0.39, 0.29) is 5.75 Å². The number of hydrogen-bond acceptors (Lipinski definition) is 5. The summed E-state index contributed by atoms with van der Waals surface area (Å²) in [4.78, 5) is 0. The Morgan fingerprint density at radius 1 is 1.11 bits per heavy atom. The van der Waals surface area contributed by atoms with Crippen LogP contribution < -0.4 is 10.1 Å². The van der Waals surface area contributed by atoms with Gasteiger partial charge in [-0.15, -0.1) is 23.4 Å². The summed E-state index contributed by atoms with van der Waals surface area (Å²) in [6.45, 7) is 1.45. The maximum absolute atomic E-state index is 12.5. The highest BCUT2D eigenvalue weighted by Crippen LogP contribution is 2.28. The number of anilines is 1. The zero-order chi connectivity index (χ0) is 18.9. The van der Waals surface area contributed by atoms with Crippen LogP contribution in [-0.2, 0) is 4.74 Å². The fraction of sp³-hybridized carbons (Fsp3) is 0.333. The first-order valence-electron chi connectivity index (χ1n) is 8.53. The Kier molecular flexibility index (Phi) is 4.61. The van der Waals surface area contributed by atoms with E-state index in [0.717, 1.165) is 31.7 Å². The van der Waals surface area contributed by atoms with Crippen molar-refractivity contribution in [1.29, 1.82) is 0 Å². The Bertz CT molecular complexity index is 936. The van der Waals surface area contributed by atoms with Crippen LogP contribution in [0, 0.1) is 0 Å². The Balaban J connectivity index is 1.64. The molecular weight excluding hydrogens is 361 g/mol. The Morgan fingerprint density at radius 3 is 2.70 bits per heavy atom. The van der Waals surface area contributed by atoms with Crippen molar-refractivity contribution in [2.75, 3.05) is 18.5 Å². The minimum Gasteiger partial charge on any atom is -0.406 e. The molecule has 2 aromatic heterocycles. The fourth-order valence-corrected chi connectivity index (χ4v) is 3.08. The molecule has 1 aromatic carbocycles. The molecule has 1 saturated heterocycles. The molecule has 9 heteroatoms. The standard InChI is InChI=1S/C18H17F3N4O2/c19-18(20,21)27-15-3-1-2-12(10-15)17-24-23-16-5-4-14(11-25(16)17)22-13-6-8-26-9-7-13/h1-5,10-11,13,22H,6-9H2. The van der Waals surface area contributed by atoms with Crippen LogP contribution in [0.25, 0.3) is 17.0 Å². The van der Waals surface area contributed by atoms with Crippen molar-refractivity contribution < 1.29 is 22.6 Å². The predicted molar refractivity (Wildman–Crippen MR) is 92.6 cm³/mol. The Labute approximate surface area is 152 Å². The molecule has 1 fully saturated rings. The van der Waals surface area contributed by atoms with Gasteiger partial charge in [-0.05, 0) is 37.1 Å². The van der Waals surface area contributed by atoms with Crippen LogP contribution in [0.15, 0.2) is 42.6 Å². The third-order valence-electron chi connectivity index (χ3n) is 4.32. The van der Waals surface area contributed by atoms with Gasteiger partial charge in [0.2, 0.25) is 0 Å². The molecule has 1 aliphatic heterocycles. The topological polar surface area (TPSA) is 60.7 Å². The lowest BCUT2D eigenvalue weighted by Gasteiger charge is -2.24. The molecule has 1 N–H and O–H groups in total. The second-order valence-corrected chi connectivity index (χ2v) is 6.28.